The maximum Gasteiger partial charge on any atom is 0.495 e. The summed E-state index contributed by atoms with van der Waals surface area (Å²) in [7, 11) is -3.64. The van der Waals surface area contributed by atoms with Crippen LogP contribution in [0.1, 0.15) is 46.7 Å². The van der Waals surface area contributed by atoms with Crippen LogP contribution >= 0.6 is 0 Å². The van der Waals surface area contributed by atoms with Gasteiger partial charge in [0.05, 0.1) is 0 Å². The second-order valence-corrected chi connectivity index (χ2v) is 10.4. The van der Waals surface area contributed by atoms with Crippen molar-refractivity contribution >= 4 is 8.80 Å². The van der Waals surface area contributed by atoms with Crippen molar-refractivity contribution in [1.82, 2.24) is 4.90 Å². The summed E-state index contributed by atoms with van der Waals surface area (Å²) >= 11 is 0. The summed E-state index contributed by atoms with van der Waals surface area (Å²) in [6, 6.07) is 8.02. The number of phenolic OH excluding ortho intramolecular Hbond substituents is 2. The van der Waals surface area contributed by atoms with Crippen molar-refractivity contribution in [2.24, 2.45) is 0 Å². The number of benzene rings is 2. The minimum atomic E-state index is -3.64. The van der Waals surface area contributed by atoms with E-state index in [1.807, 2.05) is 52.0 Å². The van der Waals surface area contributed by atoms with Crippen molar-refractivity contribution in [3.8, 4) is 11.5 Å². The van der Waals surface area contributed by atoms with Crippen molar-refractivity contribution in [3.05, 3.63) is 57.6 Å². The largest absolute Gasteiger partial charge is 0.507 e. The van der Waals surface area contributed by atoms with E-state index in [2.05, 4.69) is 4.90 Å². The zero-order valence-corrected chi connectivity index (χ0v) is 19.7. The van der Waals surface area contributed by atoms with Crippen LogP contribution in [0.25, 0.3) is 0 Å². The molecule has 30 heavy (non-hydrogen) atoms. The molecular formula is C23H35NO5Si. The molecule has 2 rings (SSSR count). The van der Waals surface area contributed by atoms with Crippen LogP contribution in [0.5, 0.6) is 11.5 Å². The Morgan fingerprint density at radius 2 is 1.30 bits per heavy atom. The van der Waals surface area contributed by atoms with E-state index in [0.717, 1.165) is 33.4 Å². The standard InChI is InChI=1S/C23H35NO5Si/c1-6-29-30(27,28)9-7-8-24(14-20-12-16(2)10-18(4)22(20)25)15-21-13-17(3)11-19(5)23(21)26/h10-13,25-28H,6-9,14-15H2,1-5H3. The molecule has 0 radical (unpaired) electrons. The molecule has 166 valence electrons. The SMILES string of the molecule is CCO[Si](O)(O)CCCN(Cc1cc(C)cc(C)c1O)Cc1cc(C)cc(C)c1O. The number of hydrogen-bond donors (Lipinski definition) is 4. The van der Waals surface area contributed by atoms with Crippen LogP contribution in [-0.2, 0) is 17.5 Å². The van der Waals surface area contributed by atoms with E-state index in [9.17, 15) is 19.8 Å². The molecule has 0 aliphatic heterocycles. The third-order valence-electron chi connectivity index (χ3n) is 5.19. The molecule has 0 aliphatic rings. The Morgan fingerprint density at radius 3 is 1.73 bits per heavy atom. The molecule has 2 aromatic rings. The first-order valence-electron chi connectivity index (χ1n) is 10.4. The molecule has 0 amide bonds. The van der Waals surface area contributed by atoms with Gasteiger partial charge >= 0.3 is 8.80 Å². The molecule has 0 saturated heterocycles. The molecule has 0 saturated carbocycles. The molecular weight excluding hydrogens is 398 g/mol. The number of aromatic hydroxyl groups is 2. The lowest BCUT2D eigenvalue weighted by molar-refractivity contribution is 0.151. The van der Waals surface area contributed by atoms with Gasteiger partial charge in [-0.2, -0.15) is 0 Å². The fourth-order valence-corrected chi connectivity index (χ4v) is 5.09. The number of aryl methyl sites for hydroxylation is 4. The van der Waals surface area contributed by atoms with Gasteiger partial charge in [-0.05, 0) is 58.7 Å². The topological polar surface area (TPSA) is 93.4 Å². The molecule has 7 heteroatoms. The Bertz CT molecular complexity index is 810. The molecule has 0 atom stereocenters. The third-order valence-corrected chi connectivity index (χ3v) is 6.94. The van der Waals surface area contributed by atoms with Gasteiger partial charge in [-0.25, -0.2) is 0 Å². The fraction of sp³-hybridized carbons (Fsp3) is 0.478. The van der Waals surface area contributed by atoms with Crippen LogP contribution in [0.2, 0.25) is 6.04 Å². The highest BCUT2D eigenvalue weighted by molar-refractivity contribution is 6.57. The zero-order chi connectivity index (χ0) is 22.5. The average molecular weight is 434 g/mol. The molecule has 0 unspecified atom stereocenters. The smallest absolute Gasteiger partial charge is 0.495 e. The molecule has 2 aromatic carbocycles. The molecule has 0 aliphatic carbocycles. The van der Waals surface area contributed by atoms with E-state index >= 15 is 0 Å². The predicted molar refractivity (Wildman–Crippen MR) is 121 cm³/mol. The monoisotopic (exact) mass is 433 g/mol. The second-order valence-electron chi connectivity index (χ2n) is 8.17. The Balaban J connectivity index is 2.24. The summed E-state index contributed by atoms with van der Waals surface area (Å²) in [5, 5.41) is 21.1. The van der Waals surface area contributed by atoms with E-state index in [1.54, 1.807) is 6.92 Å². The van der Waals surface area contributed by atoms with Gasteiger partial charge in [0.25, 0.3) is 0 Å². The molecule has 0 aromatic heterocycles. The maximum atomic E-state index is 10.5. The van der Waals surface area contributed by atoms with Crippen LogP contribution in [0.3, 0.4) is 0 Å². The van der Waals surface area contributed by atoms with Crippen molar-refractivity contribution in [2.45, 2.75) is 60.2 Å². The van der Waals surface area contributed by atoms with Gasteiger partial charge in [-0.15, -0.1) is 0 Å². The van der Waals surface area contributed by atoms with Crippen LogP contribution in [0.15, 0.2) is 24.3 Å². The van der Waals surface area contributed by atoms with Crippen LogP contribution in [-0.4, -0.2) is 46.7 Å². The van der Waals surface area contributed by atoms with E-state index < -0.39 is 8.80 Å². The molecule has 0 bridgehead atoms. The van der Waals surface area contributed by atoms with Crippen LogP contribution in [0.4, 0.5) is 0 Å². The number of nitrogens with zero attached hydrogens (tertiary/aromatic N) is 1. The highest BCUT2D eigenvalue weighted by Crippen LogP contribution is 2.29. The van der Waals surface area contributed by atoms with Crippen molar-refractivity contribution in [2.75, 3.05) is 13.2 Å². The molecule has 4 N–H and O–H groups in total. The lowest BCUT2D eigenvalue weighted by Crippen LogP contribution is -2.39. The Hall–Kier alpha value is -1.90. The Labute approximate surface area is 180 Å². The highest BCUT2D eigenvalue weighted by Gasteiger charge is 2.31. The van der Waals surface area contributed by atoms with Gasteiger partial charge < -0.3 is 24.2 Å². The summed E-state index contributed by atoms with van der Waals surface area (Å²) in [4.78, 5) is 22.1. The Kier molecular flexibility index (Phi) is 8.46. The third kappa shape index (κ3) is 6.82. The fourth-order valence-electron chi connectivity index (χ4n) is 3.87. The van der Waals surface area contributed by atoms with Crippen molar-refractivity contribution < 1.29 is 24.2 Å². The highest BCUT2D eigenvalue weighted by atomic mass is 28.4. The quantitative estimate of drug-likeness (QED) is 0.427. The number of hydrogen-bond acceptors (Lipinski definition) is 6. The zero-order valence-electron chi connectivity index (χ0n) is 18.7. The molecule has 0 spiro atoms. The summed E-state index contributed by atoms with van der Waals surface area (Å²) in [5.41, 5.74) is 5.43. The minimum Gasteiger partial charge on any atom is -0.507 e. The normalized spacial score (nSPS) is 12.0. The van der Waals surface area contributed by atoms with Crippen LogP contribution in [0, 0.1) is 27.7 Å². The minimum absolute atomic E-state index is 0.203. The number of phenols is 2. The predicted octanol–water partition coefficient (Wildman–Crippen LogP) is 3.68. The van der Waals surface area contributed by atoms with Gasteiger partial charge in [-0.1, -0.05) is 35.4 Å². The average Bonchev–Trinajstić information content (AvgIpc) is 2.63. The molecule has 0 fully saturated rings. The number of rotatable bonds is 10. The van der Waals surface area contributed by atoms with Gasteiger partial charge in [-0.3, -0.25) is 4.90 Å². The first-order valence-corrected chi connectivity index (χ1v) is 12.4. The van der Waals surface area contributed by atoms with E-state index in [-0.39, 0.29) is 24.2 Å². The van der Waals surface area contributed by atoms with E-state index in [4.69, 9.17) is 4.43 Å². The van der Waals surface area contributed by atoms with Crippen LogP contribution < -0.4 is 0 Å². The summed E-state index contributed by atoms with van der Waals surface area (Å²) in [6.07, 6.45) is 0.538. The van der Waals surface area contributed by atoms with E-state index in [1.165, 1.54) is 0 Å². The van der Waals surface area contributed by atoms with E-state index in [0.29, 0.717) is 26.1 Å². The molecule has 0 heterocycles. The van der Waals surface area contributed by atoms with Crippen molar-refractivity contribution in [3.63, 3.8) is 0 Å². The van der Waals surface area contributed by atoms with Crippen molar-refractivity contribution in [1.29, 1.82) is 0 Å². The summed E-state index contributed by atoms with van der Waals surface area (Å²) in [6.45, 7) is 11.3. The summed E-state index contributed by atoms with van der Waals surface area (Å²) < 4.78 is 5.10. The first kappa shape index (κ1) is 24.4. The lowest BCUT2D eigenvalue weighted by Gasteiger charge is -2.25. The Morgan fingerprint density at radius 1 is 0.833 bits per heavy atom. The van der Waals surface area contributed by atoms with Gasteiger partial charge in [0.15, 0.2) is 0 Å². The summed E-state index contributed by atoms with van der Waals surface area (Å²) in [5.74, 6) is 0.551. The lowest BCUT2D eigenvalue weighted by atomic mass is 10.0. The first-order chi connectivity index (χ1) is 14.0. The second kappa shape index (κ2) is 10.4. The molecule has 6 nitrogen and oxygen atoms in total. The van der Waals surface area contributed by atoms with Gasteiger partial charge in [0.1, 0.15) is 11.5 Å². The van der Waals surface area contributed by atoms with Gasteiger partial charge in [0, 0.05) is 36.9 Å². The van der Waals surface area contributed by atoms with Gasteiger partial charge in [0.2, 0.25) is 0 Å². The maximum absolute atomic E-state index is 10.5.